The predicted octanol–water partition coefficient (Wildman–Crippen LogP) is -0.110. The van der Waals surface area contributed by atoms with Gasteiger partial charge in [-0.05, 0) is 5.54 Å². The molecule has 0 amide bonds. The Bertz CT molecular complexity index is 91.7. The monoisotopic (exact) mass is 113 g/mol. The van der Waals surface area contributed by atoms with Crippen molar-refractivity contribution >= 4 is 16.2 Å². The van der Waals surface area contributed by atoms with Crippen molar-refractivity contribution in [3.63, 3.8) is 0 Å². The highest BCUT2D eigenvalue weighted by Gasteiger charge is 2.18. The molecule has 1 rings (SSSR count). The first kappa shape index (κ1) is 4.84. The molecule has 7 heavy (non-hydrogen) atoms. The average molecular weight is 113 g/mol. The maximum absolute atomic E-state index is 10.2. The van der Waals surface area contributed by atoms with Gasteiger partial charge in [-0.15, -0.1) is 0 Å². The van der Waals surface area contributed by atoms with Crippen molar-refractivity contribution in [2.24, 2.45) is 0 Å². The Morgan fingerprint density at radius 2 is 2.57 bits per heavy atom. The molecule has 3 radical (unpaired) electrons. The molecule has 1 fully saturated rings. The summed E-state index contributed by atoms with van der Waals surface area (Å²) in [5.41, 5.74) is 0.257. The van der Waals surface area contributed by atoms with E-state index in [2.05, 4.69) is 15.0 Å². The molecule has 1 aliphatic heterocycles. The zero-order valence-corrected chi connectivity index (χ0v) is 4.81. The van der Waals surface area contributed by atoms with Gasteiger partial charge in [-0.2, -0.15) is 0 Å². The van der Waals surface area contributed by atoms with E-state index in [0.29, 0.717) is 13.0 Å². The molecule has 0 aromatic carbocycles. The van der Waals surface area contributed by atoms with Crippen LogP contribution in [0.2, 0.25) is 5.54 Å². The van der Waals surface area contributed by atoms with Crippen molar-refractivity contribution < 1.29 is 9.53 Å². The average Bonchev–Trinajstić information content (AvgIpc) is 1.87. The fourth-order valence-electron chi connectivity index (χ4n) is 0.513. The van der Waals surface area contributed by atoms with Crippen LogP contribution >= 0.6 is 0 Å². The van der Waals surface area contributed by atoms with Gasteiger partial charge in [0.2, 0.25) is 0 Å². The molecule has 1 atom stereocenters. The summed E-state index contributed by atoms with van der Waals surface area (Å²) in [6.07, 6.45) is 0.525. The molecule has 3 heteroatoms. The number of cyclic esters (lactones) is 1. The highest BCUT2D eigenvalue weighted by molar-refractivity contribution is 6.13. The largest absolute Gasteiger partial charge is 0.466 e. The van der Waals surface area contributed by atoms with E-state index in [9.17, 15) is 4.79 Å². The van der Waals surface area contributed by atoms with E-state index in [1.807, 2.05) is 0 Å². The second-order valence-electron chi connectivity index (χ2n) is 1.58. The van der Waals surface area contributed by atoms with Gasteiger partial charge in [-0.25, -0.2) is 0 Å². The van der Waals surface area contributed by atoms with Crippen molar-refractivity contribution in [3.8, 4) is 0 Å². The van der Waals surface area contributed by atoms with Crippen molar-refractivity contribution in [1.82, 2.24) is 0 Å². The van der Waals surface area contributed by atoms with Gasteiger partial charge in [0.05, 0.1) is 6.61 Å². The van der Waals surface area contributed by atoms with Crippen molar-refractivity contribution in [2.45, 2.75) is 12.0 Å². The topological polar surface area (TPSA) is 26.3 Å². The first-order valence-corrected chi connectivity index (χ1v) is 2.73. The van der Waals surface area contributed by atoms with Gasteiger partial charge in [0.15, 0.2) is 0 Å². The van der Waals surface area contributed by atoms with E-state index in [-0.39, 0.29) is 11.5 Å². The van der Waals surface area contributed by atoms with E-state index in [1.165, 1.54) is 0 Å². The van der Waals surface area contributed by atoms with E-state index >= 15 is 0 Å². The zero-order valence-electron chi connectivity index (χ0n) is 3.81. The lowest BCUT2D eigenvalue weighted by Crippen LogP contribution is -1.88. The lowest BCUT2D eigenvalue weighted by Gasteiger charge is -1.87. The molecule has 1 unspecified atom stereocenters. The summed E-state index contributed by atoms with van der Waals surface area (Å²) in [7, 11) is 3.28. The maximum Gasteiger partial charge on any atom is 0.305 e. The van der Waals surface area contributed by atoms with Crippen LogP contribution in [0.3, 0.4) is 0 Å². The van der Waals surface area contributed by atoms with Crippen LogP contribution in [0.4, 0.5) is 0 Å². The fourth-order valence-corrected chi connectivity index (χ4v) is 0.763. The molecule has 0 bridgehead atoms. The molecule has 2 nitrogen and oxygen atoms in total. The van der Waals surface area contributed by atoms with Gasteiger partial charge in [0, 0.05) is 16.7 Å². The standard InChI is InChI=1S/C4H5O2Si/c5-4-1-3(7)2-6-4/h3H,1-2H2. The quantitative estimate of drug-likeness (QED) is 0.323. The first-order valence-electron chi connectivity index (χ1n) is 2.16. The summed E-state index contributed by atoms with van der Waals surface area (Å²) in [5.74, 6) is -0.0972. The molecular formula is C4H5O2Si. The Balaban J connectivity index is 2.40. The summed E-state index contributed by atoms with van der Waals surface area (Å²) in [5, 5.41) is 0. The molecule has 0 aromatic heterocycles. The Morgan fingerprint density at radius 3 is 2.71 bits per heavy atom. The van der Waals surface area contributed by atoms with Crippen LogP contribution in [0.15, 0.2) is 0 Å². The van der Waals surface area contributed by atoms with E-state index in [0.717, 1.165) is 0 Å². The third-order valence-electron chi connectivity index (χ3n) is 0.859. The van der Waals surface area contributed by atoms with E-state index in [4.69, 9.17) is 0 Å². The van der Waals surface area contributed by atoms with E-state index in [1.54, 1.807) is 0 Å². The molecule has 0 aliphatic carbocycles. The van der Waals surface area contributed by atoms with Crippen LogP contribution in [0.25, 0.3) is 0 Å². The highest BCUT2D eigenvalue weighted by atomic mass is 28.1. The van der Waals surface area contributed by atoms with Gasteiger partial charge >= 0.3 is 5.97 Å². The minimum absolute atomic E-state index is 0.0972. The van der Waals surface area contributed by atoms with Crippen molar-refractivity contribution in [3.05, 3.63) is 0 Å². The van der Waals surface area contributed by atoms with Gasteiger partial charge in [0.25, 0.3) is 0 Å². The minimum atomic E-state index is -0.0972. The summed E-state index contributed by atoms with van der Waals surface area (Å²) < 4.78 is 4.58. The molecule has 0 aromatic rings. The Labute approximate surface area is 45.3 Å². The second kappa shape index (κ2) is 1.66. The number of esters is 1. The van der Waals surface area contributed by atoms with Crippen LogP contribution in [0.5, 0.6) is 0 Å². The normalized spacial score (nSPS) is 30.4. The van der Waals surface area contributed by atoms with Gasteiger partial charge in [-0.3, -0.25) is 4.79 Å². The summed E-state index contributed by atoms with van der Waals surface area (Å²) >= 11 is 0. The third kappa shape index (κ3) is 1.02. The number of carbonyl (C=O) groups is 1. The van der Waals surface area contributed by atoms with Crippen LogP contribution in [-0.2, 0) is 9.53 Å². The summed E-state index contributed by atoms with van der Waals surface area (Å²) in [4.78, 5) is 10.2. The van der Waals surface area contributed by atoms with Crippen LogP contribution in [0.1, 0.15) is 6.42 Å². The molecular weight excluding hydrogens is 108 g/mol. The van der Waals surface area contributed by atoms with Crippen molar-refractivity contribution in [1.29, 1.82) is 0 Å². The van der Waals surface area contributed by atoms with Gasteiger partial charge < -0.3 is 4.74 Å². The molecule has 0 N–H and O–H groups in total. The van der Waals surface area contributed by atoms with Gasteiger partial charge in [-0.1, -0.05) is 0 Å². The Hall–Kier alpha value is -0.313. The molecule has 1 saturated heterocycles. The summed E-state index contributed by atoms with van der Waals surface area (Å²) in [6.45, 7) is 0.537. The molecule has 1 heterocycles. The molecule has 0 saturated carbocycles. The lowest BCUT2D eigenvalue weighted by molar-refractivity contribution is -0.137. The van der Waals surface area contributed by atoms with Gasteiger partial charge in [0.1, 0.15) is 0 Å². The molecule has 0 spiro atoms. The third-order valence-corrected chi connectivity index (χ3v) is 1.23. The maximum atomic E-state index is 10.2. The Morgan fingerprint density at radius 1 is 1.86 bits per heavy atom. The number of rotatable bonds is 0. The Kier molecular flexibility index (Phi) is 1.14. The number of carbonyl (C=O) groups excluding carboxylic acids is 1. The smallest absolute Gasteiger partial charge is 0.305 e. The van der Waals surface area contributed by atoms with E-state index < -0.39 is 0 Å². The summed E-state index contributed by atoms with van der Waals surface area (Å²) in [6, 6.07) is 0. The van der Waals surface area contributed by atoms with Crippen LogP contribution in [0, 0.1) is 0 Å². The number of hydrogen-bond donors (Lipinski definition) is 0. The first-order chi connectivity index (χ1) is 3.29. The van der Waals surface area contributed by atoms with Crippen LogP contribution in [-0.4, -0.2) is 22.8 Å². The number of ether oxygens (including phenoxy) is 1. The molecule has 1 aliphatic rings. The zero-order chi connectivity index (χ0) is 5.28. The second-order valence-corrected chi connectivity index (χ2v) is 2.40. The number of hydrogen-bond acceptors (Lipinski definition) is 2. The predicted molar refractivity (Wildman–Crippen MR) is 25.1 cm³/mol. The lowest BCUT2D eigenvalue weighted by atomic mass is 10.4. The molecule has 37 valence electrons. The fraction of sp³-hybridized carbons (Fsp3) is 0.750. The minimum Gasteiger partial charge on any atom is -0.466 e. The SMILES string of the molecule is O=C1CC([Si])CO1. The van der Waals surface area contributed by atoms with Crippen molar-refractivity contribution in [2.75, 3.05) is 6.61 Å². The highest BCUT2D eigenvalue weighted by Crippen LogP contribution is 2.14. The van der Waals surface area contributed by atoms with Crippen LogP contribution < -0.4 is 0 Å².